The number of amides is 2. The van der Waals surface area contributed by atoms with Crippen molar-refractivity contribution in [1.82, 2.24) is 24.8 Å². The molecule has 4 heterocycles. The molecule has 3 aliphatic rings. The van der Waals surface area contributed by atoms with Crippen molar-refractivity contribution < 1.29 is 9.59 Å². The average Bonchev–Trinajstić information content (AvgIpc) is 3.49. The molecule has 5 rings (SSSR count). The smallest absolute Gasteiger partial charge is 0.256 e. The first-order valence-electron chi connectivity index (χ1n) is 10.6. The molecule has 1 aliphatic carbocycles. The number of carbonyl (C=O) groups is 2. The first-order valence-corrected chi connectivity index (χ1v) is 10.6. The predicted octanol–water partition coefficient (Wildman–Crippen LogP) is 1.75. The maximum atomic E-state index is 12.9. The van der Waals surface area contributed by atoms with Crippen LogP contribution >= 0.6 is 0 Å². The molecule has 30 heavy (non-hydrogen) atoms. The molecule has 2 aromatic heterocycles. The predicted molar refractivity (Wildman–Crippen MR) is 109 cm³/mol. The first kappa shape index (κ1) is 19.0. The zero-order valence-electron chi connectivity index (χ0n) is 17.1. The van der Waals surface area contributed by atoms with Gasteiger partial charge in [0.2, 0.25) is 5.91 Å². The molecule has 1 saturated carbocycles. The molecule has 0 aromatic carbocycles. The second kappa shape index (κ2) is 7.34. The van der Waals surface area contributed by atoms with Crippen LogP contribution in [-0.2, 0) is 17.8 Å². The molecule has 0 radical (unpaired) electrons. The quantitative estimate of drug-likeness (QED) is 0.836. The molecule has 156 valence electrons. The van der Waals surface area contributed by atoms with Gasteiger partial charge >= 0.3 is 0 Å². The van der Waals surface area contributed by atoms with Gasteiger partial charge in [-0.05, 0) is 44.2 Å². The van der Waals surface area contributed by atoms with E-state index in [-0.39, 0.29) is 35.9 Å². The lowest BCUT2D eigenvalue weighted by Gasteiger charge is -2.29. The highest BCUT2D eigenvalue weighted by molar-refractivity contribution is 5.95. The third-order valence-electron chi connectivity index (χ3n) is 6.40. The average molecular weight is 407 g/mol. The summed E-state index contributed by atoms with van der Waals surface area (Å²) in [5, 5.41) is 0. The molecule has 0 spiro atoms. The lowest BCUT2D eigenvalue weighted by atomic mass is 10.0. The Morgan fingerprint density at radius 3 is 2.80 bits per heavy atom. The van der Waals surface area contributed by atoms with Crippen molar-refractivity contribution in [3.63, 3.8) is 0 Å². The molecule has 0 unspecified atom stereocenters. The number of fused-ring (bicyclic) bond motifs is 1. The Labute approximate surface area is 174 Å². The maximum Gasteiger partial charge on any atom is 0.256 e. The van der Waals surface area contributed by atoms with E-state index in [9.17, 15) is 14.4 Å². The van der Waals surface area contributed by atoms with Crippen LogP contribution in [0.25, 0.3) is 0 Å². The summed E-state index contributed by atoms with van der Waals surface area (Å²) < 4.78 is 0. The van der Waals surface area contributed by atoms with E-state index in [0.717, 1.165) is 43.5 Å². The monoisotopic (exact) mass is 407 g/mol. The summed E-state index contributed by atoms with van der Waals surface area (Å²) in [5.41, 5.74) is 2.51. The van der Waals surface area contributed by atoms with E-state index in [1.807, 2.05) is 11.8 Å². The Morgan fingerprint density at radius 2 is 2.03 bits per heavy atom. The number of H-pyrrole nitrogens is 1. The molecule has 2 amide bonds. The van der Waals surface area contributed by atoms with E-state index in [2.05, 4.69) is 9.97 Å². The largest absolute Gasteiger partial charge is 0.334 e. The van der Waals surface area contributed by atoms with Crippen molar-refractivity contribution in [3.05, 3.63) is 57.0 Å². The van der Waals surface area contributed by atoms with Crippen molar-refractivity contribution in [1.29, 1.82) is 0 Å². The van der Waals surface area contributed by atoms with Gasteiger partial charge in [0.05, 0.1) is 23.8 Å². The summed E-state index contributed by atoms with van der Waals surface area (Å²) in [7, 11) is 0. The zero-order valence-corrected chi connectivity index (χ0v) is 17.1. The van der Waals surface area contributed by atoms with Crippen LogP contribution < -0.4 is 5.56 Å². The molecule has 8 heteroatoms. The Hall–Kier alpha value is -3.03. The number of aromatic amines is 1. The highest BCUT2D eigenvalue weighted by Crippen LogP contribution is 2.37. The normalized spacial score (nSPS) is 20.9. The molecule has 2 aliphatic heterocycles. The van der Waals surface area contributed by atoms with Gasteiger partial charge in [-0.3, -0.25) is 19.4 Å². The van der Waals surface area contributed by atoms with Crippen LogP contribution in [-0.4, -0.2) is 49.7 Å². The van der Waals surface area contributed by atoms with Crippen molar-refractivity contribution in [3.8, 4) is 0 Å². The van der Waals surface area contributed by atoms with Gasteiger partial charge in [0.1, 0.15) is 5.82 Å². The standard InChI is InChI=1S/C22H25N5O3/c1-13-11-23-8-6-15(13)22(30)26-10-7-17-16(12-26)20(28)25-19(24-17)18-3-2-9-27(18)21(29)14-4-5-14/h6,8,11,14,18H,2-5,7,9-10,12H2,1H3,(H,24,25,28)/t18-/m1/s1. The number of carbonyl (C=O) groups excluding carboxylic acids is 2. The lowest BCUT2D eigenvalue weighted by Crippen LogP contribution is -2.41. The number of pyridine rings is 1. The third kappa shape index (κ3) is 3.30. The number of nitrogens with zero attached hydrogens (tertiary/aromatic N) is 4. The summed E-state index contributed by atoms with van der Waals surface area (Å²) in [6.45, 7) is 3.34. The fourth-order valence-electron chi connectivity index (χ4n) is 4.54. The van der Waals surface area contributed by atoms with Crippen molar-refractivity contribution in [2.75, 3.05) is 13.1 Å². The number of rotatable bonds is 3. The van der Waals surface area contributed by atoms with E-state index >= 15 is 0 Å². The van der Waals surface area contributed by atoms with Gasteiger partial charge in [-0.1, -0.05) is 0 Å². The number of likely N-dealkylation sites (tertiary alicyclic amines) is 1. The maximum absolute atomic E-state index is 12.9. The molecule has 1 saturated heterocycles. The number of hydrogen-bond donors (Lipinski definition) is 1. The molecular formula is C22H25N5O3. The Kier molecular flexibility index (Phi) is 4.64. The van der Waals surface area contributed by atoms with Gasteiger partial charge in [-0.25, -0.2) is 4.98 Å². The summed E-state index contributed by atoms with van der Waals surface area (Å²) >= 11 is 0. The van der Waals surface area contributed by atoms with Gasteiger partial charge in [0, 0.05) is 43.4 Å². The van der Waals surface area contributed by atoms with Crippen LogP contribution in [0.15, 0.2) is 23.3 Å². The topological polar surface area (TPSA) is 99.3 Å². The summed E-state index contributed by atoms with van der Waals surface area (Å²) in [4.78, 5) is 53.7. The van der Waals surface area contributed by atoms with E-state index in [1.165, 1.54) is 0 Å². The van der Waals surface area contributed by atoms with Gasteiger partial charge < -0.3 is 14.8 Å². The molecule has 1 N–H and O–H groups in total. The Morgan fingerprint density at radius 1 is 1.20 bits per heavy atom. The van der Waals surface area contributed by atoms with Crippen molar-refractivity contribution in [2.24, 2.45) is 5.92 Å². The molecular weight excluding hydrogens is 382 g/mol. The minimum Gasteiger partial charge on any atom is -0.334 e. The highest BCUT2D eigenvalue weighted by Gasteiger charge is 2.40. The highest BCUT2D eigenvalue weighted by atomic mass is 16.2. The summed E-state index contributed by atoms with van der Waals surface area (Å²) in [5.74, 6) is 0.851. The minimum atomic E-state index is -0.204. The fraction of sp³-hybridized carbons (Fsp3) is 0.500. The van der Waals surface area contributed by atoms with Crippen LogP contribution in [0.3, 0.4) is 0 Å². The second-order valence-electron chi connectivity index (χ2n) is 8.51. The van der Waals surface area contributed by atoms with E-state index in [4.69, 9.17) is 4.98 Å². The number of aromatic nitrogens is 3. The summed E-state index contributed by atoms with van der Waals surface area (Å²) in [6, 6.07) is 1.57. The van der Waals surface area contributed by atoms with Crippen LogP contribution in [0.2, 0.25) is 0 Å². The van der Waals surface area contributed by atoms with Crippen LogP contribution in [0.4, 0.5) is 0 Å². The van der Waals surface area contributed by atoms with E-state index in [1.54, 1.807) is 23.4 Å². The molecule has 0 bridgehead atoms. The lowest BCUT2D eigenvalue weighted by molar-refractivity contribution is -0.133. The Bertz CT molecular complexity index is 1070. The zero-order chi connectivity index (χ0) is 20.8. The van der Waals surface area contributed by atoms with Crippen molar-refractivity contribution >= 4 is 11.8 Å². The first-order chi connectivity index (χ1) is 14.5. The van der Waals surface area contributed by atoms with Crippen molar-refractivity contribution in [2.45, 2.75) is 51.6 Å². The van der Waals surface area contributed by atoms with Crippen LogP contribution in [0, 0.1) is 12.8 Å². The van der Waals surface area contributed by atoms with Gasteiger partial charge in [0.25, 0.3) is 11.5 Å². The Balaban J connectivity index is 1.39. The second-order valence-corrected chi connectivity index (χ2v) is 8.51. The SMILES string of the molecule is Cc1cnccc1C(=O)N1CCc2nc([C@H]3CCCN3C(=O)C3CC3)[nH]c(=O)c2C1. The number of hydrogen-bond acceptors (Lipinski definition) is 5. The molecule has 8 nitrogen and oxygen atoms in total. The molecule has 2 aromatic rings. The molecule has 2 fully saturated rings. The molecule has 1 atom stereocenters. The van der Waals surface area contributed by atoms with E-state index < -0.39 is 0 Å². The van der Waals surface area contributed by atoms with Gasteiger partial charge in [-0.15, -0.1) is 0 Å². The fourth-order valence-corrected chi connectivity index (χ4v) is 4.54. The van der Waals surface area contributed by atoms with E-state index in [0.29, 0.717) is 29.9 Å². The van der Waals surface area contributed by atoms with Gasteiger partial charge in [-0.2, -0.15) is 0 Å². The third-order valence-corrected chi connectivity index (χ3v) is 6.40. The van der Waals surface area contributed by atoms with Gasteiger partial charge in [0.15, 0.2) is 0 Å². The number of nitrogens with one attached hydrogen (secondary N) is 1. The number of aryl methyl sites for hydroxylation is 1. The minimum absolute atomic E-state index is 0.0963. The van der Waals surface area contributed by atoms with Crippen LogP contribution in [0.1, 0.15) is 64.7 Å². The van der Waals surface area contributed by atoms with Crippen LogP contribution in [0.5, 0.6) is 0 Å². The summed E-state index contributed by atoms with van der Waals surface area (Å²) in [6.07, 6.45) is 7.50.